The van der Waals surface area contributed by atoms with Crippen molar-refractivity contribution < 1.29 is 42.0 Å². The van der Waals surface area contributed by atoms with Crippen LogP contribution in [0.25, 0.3) is 0 Å². The van der Waals surface area contributed by atoms with Crippen LogP contribution in [0.4, 0.5) is 4.79 Å². The molecule has 2 aromatic carbocycles. The number of aromatic nitrogens is 2. The van der Waals surface area contributed by atoms with Crippen LogP contribution in [0.2, 0.25) is 54.4 Å². The molecular formula is C50H82N6O9Si3. The first kappa shape index (κ1) is 57.8. The highest BCUT2D eigenvalue weighted by Gasteiger charge is 2.47. The summed E-state index contributed by atoms with van der Waals surface area (Å²) < 4.78 is 26.0. The van der Waals surface area contributed by atoms with Crippen molar-refractivity contribution in [2.75, 3.05) is 19.8 Å². The fourth-order valence-corrected chi connectivity index (χ4v) is 9.16. The van der Waals surface area contributed by atoms with E-state index in [2.05, 4.69) is 133 Å². The molecule has 0 bridgehead atoms. The third kappa shape index (κ3) is 18.5. The van der Waals surface area contributed by atoms with Crippen LogP contribution < -0.4 is 21.3 Å². The fourth-order valence-electron chi connectivity index (χ4n) is 5.95. The minimum absolute atomic E-state index is 0.00992. The minimum Gasteiger partial charge on any atom is -0.445 e. The molecule has 0 aliphatic carbocycles. The van der Waals surface area contributed by atoms with Gasteiger partial charge in [-0.3, -0.25) is 24.5 Å². The number of carbonyl (C=O) groups is 5. The first-order valence-electron chi connectivity index (χ1n) is 23.7. The maximum atomic E-state index is 14.1. The summed E-state index contributed by atoms with van der Waals surface area (Å²) in [4.78, 5) is 75.4. The van der Waals surface area contributed by atoms with Gasteiger partial charge in [-0.1, -0.05) is 123 Å². The summed E-state index contributed by atoms with van der Waals surface area (Å²) in [5.74, 6) is -2.36. The van der Waals surface area contributed by atoms with E-state index in [4.69, 9.17) is 18.0 Å². The van der Waals surface area contributed by atoms with Crippen molar-refractivity contribution in [3.8, 4) is 0 Å². The maximum Gasteiger partial charge on any atom is 0.408 e. The molecule has 0 fully saturated rings. The molecule has 0 unspecified atom stereocenters. The number of rotatable bonds is 24. The van der Waals surface area contributed by atoms with Gasteiger partial charge < -0.3 is 38.9 Å². The summed E-state index contributed by atoms with van der Waals surface area (Å²) >= 11 is 0. The Morgan fingerprint density at radius 1 is 0.603 bits per heavy atom. The normalized spacial score (nSPS) is 13.8. The average molecular weight is 995 g/mol. The predicted molar refractivity (Wildman–Crippen MR) is 275 cm³/mol. The number of nitrogens with one attached hydrogen (secondary N) is 5. The lowest BCUT2D eigenvalue weighted by Gasteiger charge is -2.46. The van der Waals surface area contributed by atoms with Crippen molar-refractivity contribution in [2.24, 2.45) is 0 Å². The number of H-pyrrole nitrogens is 1. The summed E-state index contributed by atoms with van der Waals surface area (Å²) in [5.41, 5.74) is 0.959. The standard InChI is InChI=1S/C50H82N6O9Si3/c1-47(2,3)66(10,11)63-33-50(34-64-67(12,13)48(4,5)6,35-65-68(14,15)49(7,8)9)56-43(58)28-22-27-42(57)55-45(60)41(30-39-31-51-36-52-39)53-44(59)40(29-37-23-18-16-19-24-37)54-46(61)62-32-38-25-20-17-21-26-38/h16-21,23-26,31,36,40-41H,22,27-30,32-35H2,1-15H3,(H,51,52)(H,53,59)(H,54,61)(H,56,58)(H,55,57,60)/t40-,41-/m0/s1. The average Bonchev–Trinajstić information content (AvgIpc) is 3.76. The summed E-state index contributed by atoms with van der Waals surface area (Å²) in [6.07, 6.45) is 2.20. The summed E-state index contributed by atoms with van der Waals surface area (Å²) in [5, 5.41) is 10.8. The largest absolute Gasteiger partial charge is 0.445 e. The highest BCUT2D eigenvalue weighted by molar-refractivity contribution is 6.75. The maximum absolute atomic E-state index is 14.1. The van der Waals surface area contributed by atoms with Gasteiger partial charge in [-0.15, -0.1) is 0 Å². The van der Waals surface area contributed by atoms with E-state index < -0.39 is 66.4 Å². The van der Waals surface area contributed by atoms with E-state index in [-0.39, 0.29) is 79.6 Å². The summed E-state index contributed by atoms with van der Waals surface area (Å²) in [6, 6.07) is 15.9. The second kappa shape index (κ2) is 24.4. The van der Waals surface area contributed by atoms with Crippen LogP contribution in [0.15, 0.2) is 73.2 Å². The number of nitrogens with zero attached hydrogens (tertiary/aromatic N) is 1. The molecule has 0 spiro atoms. The Kier molecular flexibility index (Phi) is 20.7. The predicted octanol–water partition coefficient (Wildman–Crippen LogP) is 8.71. The van der Waals surface area contributed by atoms with E-state index in [1.54, 1.807) is 6.20 Å². The van der Waals surface area contributed by atoms with Crippen LogP contribution in [0, 0.1) is 0 Å². The molecule has 0 saturated carbocycles. The number of aromatic amines is 1. The summed E-state index contributed by atoms with van der Waals surface area (Å²) in [7, 11) is -6.94. The van der Waals surface area contributed by atoms with Crippen molar-refractivity contribution in [3.63, 3.8) is 0 Å². The molecule has 378 valence electrons. The Morgan fingerprint density at radius 3 is 1.51 bits per heavy atom. The minimum atomic E-state index is -2.31. The molecule has 0 aliphatic heterocycles. The molecule has 3 rings (SSSR count). The van der Waals surface area contributed by atoms with Crippen LogP contribution in [0.5, 0.6) is 0 Å². The van der Waals surface area contributed by atoms with Gasteiger partial charge in [-0.25, -0.2) is 9.78 Å². The number of imide groups is 1. The number of benzene rings is 2. The van der Waals surface area contributed by atoms with Crippen LogP contribution in [-0.2, 0) is 56.6 Å². The molecule has 1 aromatic heterocycles. The van der Waals surface area contributed by atoms with Gasteiger partial charge in [-0.05, 0) is 71.9 Å². The Balaban J connectivity index is 1.79. The molecule has 68 heavy (non-hydrogen) atoms. The molecule has 15 nitrogen and oxygen atoms in total. The molecule has 5 amide bonds. The SMILES string of the molecule is CC(C)(C)[Si](C)(C)OCC(CO[Si](C)(C)C(C)(C)C)(CO[Si](C)(C)C(C)(C)C)NC(=O)CCCC(=O)NC(=O)[C@H](Cc1c[nH]cn1)NC(=O)[C@H](Cc1ccccc1)NC(=O)OCc1ccccc1. The van der Waals surface area contributed by atoms with Gasteiger partial charge >= 0.3 is 6.09 Å². The van der Waals surface area contributed by atoms with Gasteiger partial charge in [0.1, 0.15) is 24.2 Å². The zero-order valence-electron chi connectivity index (χ0n) is 43.6. The molecule has 2 atom stereocenters. The summed E-state index contributed by atoms with van der Waals surface area (Å²) in [6.45, 7) is 33.2. The number of hydrogen-bond acceptors (Lipinski definition) is 10. The Morgan fingerprint density at radius 2 is 1.06 bits per heavy atom. The lowest BCUT2D eigenvalue weighted by molar-refractivity contribution is -0.134. The number of ether oxygens (including phenoxy) is 1. The van der Waals surface area contributed by atoms with E-state index in [1.165, 1.54) is 6.33 Å². The Labute approximate surface area is 409 Å². The van der Waals surface area contributed by atoms with Gasteiger partial charge in [0.15, 0.2) is 25.0 Å². The van der Waals surface area contributed by atoms with E-state index in [9.17, 15) is 24.0 Å². The Bertz CT molecular complexity index is 2010. The highest BCUT2D eigenvalue weighted by Crippen LogP contribution is 2.40. The lowest BCUT2D eigenvalue weighted by atomic mass is 10.0. The van der Waals surface area contributed by atoms with Crippen LogP contribution in [0.1, 0.15) is 98.4 Å². The third-order valence-corrected chi connectivity index (χ3v) is 27.2. The topological polar surface area (TPSA) is 199 Å². The molecule has 0 saturated heterocycles. The number of amides is 5. The monoisotopic (exact) mass is 995 g/mol. The van der Waals surface area contributed by atoms with Crippen LogP contribution >= 0.6 is 0 Å². The smallest absolute Gasteiger partial charge is 0.408 e. The first-order valence-corrected chi connectivity index (χ1v) is 32.4. The van der Waals surface area contributed by atoms with E-state index in [1.807, 2.05) is 60.7 Å². The van der Waals surface area contributed by atoms with Gasteiger partial charge in [0, 0.05) is 31.9 Å². The van der Waals surface area contributed by atoms with E-state index in [0.717, 1.165) is 11.1 Å². The molecule has 0 aliphatic rings. The third-order valence-electron chi connectivity index (χ3n) is 13.7. The van der Waals surface area contributed by atoms with Gasteiger partial charge in [0.05, 0.1) is 31.8 Å². The van der Waals surface area contributed by atoms with Crippen LogP contribution in [-0.4, -0.2) is 102 Å². The van der Waals surface area contributed by atoms with Crippen molar-refractivity contribution in [3.05, 3.63) is 90.0 Å². The lowest BCUT2D eigenvalue weighted by Crippen LogP contribution is -2.63. The zero-order valence-corrected chi connectivity index (χ0v) is 46.6. The molecule has 1 heterocycles. The number of carbonyl (C=O) groups excluding carboxylic acids is 5. The molecular weight excluding hydrogens is 913 g/mol. The fraction of sp³-hybridized carbons (Fsp3) is 0.600. The zero-order chi connectivity index (χ0) is 51.2. The van der Waals surface area contributed by atoms with Crippen molar-refractivity contribution >= 4 is 54.7 Å². The molecule has 0 radical (unpaired) electrons. The Hall–Kier alpha value is -4.47. The van der Waals surface area contributed by atoms with Gasteiger partial charge in [-0.2, -0.15) is 0 Å². The molecule has 3 aromatic rings. The highest BCUT2D eigenvalue weighted by atomic mass is 28.4. The van der Waals surface area contributed by atoms with Crippen LogP contribution in [0.3, 0.4) is 0 Å². The number of alkyl carbamates (subject to hydrolysis) is 1. The second-order valence-electron chi connectivity index (χ2n) is 22.5. The second-order valence-corrected chi connectivity index (χ2v) is 36.9. The van der Waals surface area contributed by atoms with E-state index >= 15 is 0 Å². The quantitative estimate of drug-likeness (QED) is 0.0541. The van der Waals surface area contributed by atoms with Gasteiger partial charge in [0.25, 0.3) is 0 Å². The van der Waals surface area contributed by atoms with Crippen molar-refractivity contribution in [1.82, 2.24) is 31.2 Å². The van der Waals surface area contributed by atoms with Crippen molar-refractivity contribution in [2.45, 2.75) is 173 Å². The first-order chi connectivity index (χ1) is 31.4. The molecule has 5 N–H and O–H groups in total. The van der Waals surface area contributed by atoms with E-state index in [0.29, 0.717) is 5.69 Å². The molecule has 18 heteroatoms. The number of hydrogen-bond donors (Lipinski definition) is 5. The van der Waals surface area contributed by atoms with Gasteiger partial charge in [0.2, 0.25) is 23.6 Å². The number of imidazole rings is 1. The van der Waals surface area contributed by atoms with Crippen molar-refractivity contribution in [1.29, 1.82) is 0 Å².